The number of hydrogen-bond acceptors (Lipinski definition) is 4. The second kappa shape index (κ2) is 6.60. The molecule has 2 aliphatic carbocycles. The van der Waals surface area contributed by atoms with Crippen molar-refractivity contribution in [2.45, 2.75) is 89.6 Å². The molecule has 0 aromatic rings. The standard InChI is InChI=1S/C18H32N2O3/c1-11-7-5-6-8-13(11)19-15-14(12-9-10-22-16(12)15)20-17(21)23-18(2,3)4/h11-16,19H,5-10H2,1-4H3,(H,20,21). The molecular weight excluding hydrogens is 292 g/mol. The fourth-order valence-corrected chi connectivity index (χ4v) is 4.36. The van der Waals surface area contributed by atoms with Gasteiger partial charge in [0.15, 0.2) is 0 Å². The number of ether oxygens (including phenoxy) is 2. The Morgan fingerprint density at radius 3 is 2.57 bits per heavy atom. The zero-order chi connectivity index (χ0) is 16.6. The highest BCUT2D eigenvalue weighted by Gasteiger charge is 2.55. The summed E-state index contributed by atoms with van der Waals surface area (Å²) in [5.74, 6) is 1.13. The minimum atomic E-state index is -0.458. The third-order valence-corrected chi connectivity index (χ3v) is 5.59. The van der Waals surface area contributed by atoms with Gasteiger partial charge in [0.05, 0.1) is 18.2 Å². The van der Waals surface area contributed by atoms with E-state index in [2.05, 4.69) is 17.6 Å². The fraction of sp³-hybridized carbons (Fsp3) is 0.944. The van der Waals surface area contributed by atoms with Gasteiger partial charge in [-0.05, 0) is 46.0 Å². The largest absolute Gasteiger partial charge is 0.444 e. The Bertz CT molecular complexity index is 434. The molecule has 1 saturated heterocycles. The maximum Gasteiger partial charge on any atom is 0.407 e. The Balaban J connectivity index is 1.59. The van der Waals surface area contributed by atoms with E-state index in [1.54, 1.807) is 0 Å². The van der Waals surface area contributed by atoms with E-state index in [0.29, 0.717) is 17.9 Å². The molecule has 0 aromatic carbocycles. The Morgan fingerprint density at radius 1 is 1.13 bits per heavy atom. The van der Waals surface area contributed by atoms with E-state index in [1.807, 2.05) is 20.8 Å². The Kier molecular flexibility index (Phi) is 4.88. The zero-order valence-electron chi connectivity index (χ0n) is 14.9. The number of fused-ring (bicyclic) bond motifs is 1. The fourth-order valence-electron chi connectivity index (χ4n) is 4.36. The van der Waals surface area contributed by atoms with Gasteiger partial charge in [0.25, 0.3) is 0 Å². The summed E-state index contributed by atoms with van der Waals surface area (Å²) >= 11 is 0. The van der Waals surface area contributed by atoms with Crippen molar-refractivity contribution in [2.24, 2.45) is 11.8 Å². The van der Waals surface area contributed by atoms with Gasteiger partial charge in [-0.2, -0.15) is 0 Å². The van der Waals surface area contributed by atoms with E-state index < -0.39 is 5.60 Å². The van der Waals surface area contributed by atoms with Gasteiger partial charge in [0.1, 0.15) is 5.60 Å². The molecule has 23 heavy (non-hydrogen) atoms. The van der Waals surface area contributed by atoms with Crippen LogP contribution in [0.2, 0.25) is 0 Å². The van der Waals surface area contributed by atoms with Crippen LogP contribution in [0, 0.1) is 11.8 Å². The van der Waals surface area contributed by atoms with Gasteiger partial charge >= 0.3 is 6.09 Å². The molecule has 0 radical (unpaired) electrons. The topological polar surface area (TPSA) is 59.6 Å². The second-order valence-corrected chi connectivity index (χ2v) is 8.52. The number of carbonyl (C=O) groups excluding carboxylic acids is 1. The molecule has 6 atom stereocenters. The van der Waals surface area contributed by atoms with Crippen LogP contribution in [0.25, 0.3) is 0 Å². The molecule has 2 N–H and O–H groups in total. The lowest BCUT2D eigenvalue weighted by Gasteiger charge is -2.50. The predicted molar refractivity (Wildman–Crippen MR) is 89.3 cm³/mol. The van der Waals surface area contributed by atoms with Gasteiger partial charge in [-0.15, -0.1) is 0 Å². The van der Waals surface area contributed by atoms with Crippen LogP contribution in [0.4, 0.5) is 4.79 Å². The van der Waals surface area contributed by atoms with Crippen molar-refractivity contribution in [3.05, 3.63) is 0 Å². The number of rotatable bonds is 3. The molecule has 3 rings (SSSR count). The molecule has 132 valence electrons. The first kappa shape index (κ1) is 17.0. The quantitative estimate of drug-likeness (QED) is 0.838. The van der Waals surface area contributed by atoms with E-state index in [0.717, 1.165) is 13.0 Å². The monoisotopic (exact) mass is 324 g/mol. The van der Waals surface area contributed by atoms with Crippen molar-refractivity contribution in [3.63, 3.8) is 0 Å². The van der Waals surface area contributed by atoms with Crippen molar-refractivity contribution in [3.8, 4) is 0 Å². The van der Waals surface area contributed by atoms with Crippen molar-refractivity contribution in [2.75, 3.05) is 6.61 Å². The van der Waals surface area contributed by atoms with Gasteiger partial charge in [0, 0.05) is 18.6 Å². The van der Waals surface area contributed by atoms with Crippen molar-refractivity contribution in [1.82, 2.24) is 10.6 Å². The molecule has 0 spiro atoms. The van der Waals surface area contributed by atoms with Gasteiger partial charge in [0.2, 0.25) is 0 Å². The maximum atomic E-state index is 12.2. The van der Waals surface area contributed by atoms with E-state index in [-0.39, 0.29) is 24.3 Å². The lowest BCUT2D eigenvalue weighted by molar-refractivity contribution is -0.0413. The summed E-state index contributed by atoms with van der Waals surface area (Å²) in [6, 6.07) is 0.897. The summed E-state index contributed by atoms with van der Waals surface area (Å²) in [5, 5.41) is 6.89. The summed E-state index contributed by atoms with van der Waals surface area (Å²) in [7, 11) is 0. The van der Waals surface area contributed by atoms with Crippen molar-refractivity contribution in [1.29, 1.82) is 0 Å². The lowest BCUT2D eigenvalue weighted by Crippen LogP contribution is -2.72. The Labute approximate surface area is 139 Å². The van der Waals surface area contributed by atoms with Crippen LogP contribution in [0.1, 0.15) is 59.8 Å². The van der Waals surface area contributed by atoms with E-state index in [1.165, 1.54) is 25.7 Å². The molecule has 0 bridgehead atoms. The Hall–Kier alpha value is -0.810. The molecule has 3 fully saturated rings. The molecule has 1 amide bonds. The molecule has 5 nitrogen and oxygen atoms in total. The highest BCUT2D eigenvalue weighted by Crippen LogP contribution is 2.40. The summed E-state index contributed by atoms with van der Waals surface area (Å²) in [4.78, 5) is 12.2. The highest BCUT2D eigenvalue weighted by molar-refractivity contribution is 5.68. The van der Waals surface area contributed by atoms with Crippen LogP contribution < -0.4 is 10.6 Å². The Morgan fingerprint density at radius 2 is 1.87 bits per heavy atom. The summed E-state index contributed by atoms with van der Waals surface area (Å²) < 4.78 is 11.3. The highest BCUT2D eigenvalue weighted by atomic mass is 16.6. The molecule has 1 aliphatic heterocycles. The van der Waals surface area contributed by atoms with Crippen molar-refractivity contribution < 1.29 is 14.3 Å². The average molecular weight is 324 g/mol. The number of alkyl carbamates (subject to hydrolysis) is 1. The third-order valence-electron chi connectivity index (χ3n) is 5.59. The molecular formula is C18H32N2O3. The summed E-state index contributed by atoms with van der Waals surface area (Å²) in [5.41, 5.74) is -0.458. The van der Waals surface area contributed by atoms with Crippen molar-refractivity contribution >= 4 is 6.09 Å². The van der Waals surface area contributed by atoms with Gasteiger partial charge in [-0.1, -0.05) is 19.8 Å². The molecule has 2 saturated carbocycles. The molecule has 1 heterocycles. The number of nitrogens with one attached hydrogen (secondary N) is 2. The molecule has 5 heteroatoms. The average Bonchev–Trinajstić information content (AvgIpc) is 2.87. The minimum absolute atomic E-state index is 0.131. The van der Waals surface area contributed by atoms with E-state index >= 15 is 0 Å². The van der Waals surface area contributed by atoms with Crippen LogP contribution in [-0.2, 0) is 9.47 Å². The maximum absolute atomic E-state index is 12.2. The third kappa shape index (κ3) is 3.82. The van der Waals surface area contributed by atoms with Crippen LogP contribution >= 0.6 is 0 Å². The molecule has 0 aromatic heterocycles. The first-order valence-electron chi connectivity index (χ1n) is 9.22. The van der Waals surface area contributed by atoms with Crippen LogP contribution in [0.15, 0.2) is 0 Å². The molecule has 6 unspecified atom stereocenters. The lowest BCUT2D eigenvalue weighted by atomic mass is 9.70. The first-order chi connectivity index (χ1) is 10.8. The van der Waals surface area contributed by atoms with E-state index in [9.17, 15) is 4.79 Å². The van der Waals surface area contributed by atoms with Gasteiger partial charge < -0.3 is 20.1 Å². The number of amides is 1. The number of carbonyl (C=O) groups is 1. The second-order valence-electron chi connectivity index (χ2n) is 8.52. The SMILES string of the molecule is CC1CCCCC1NC1C(NC(=O)OC(C)(C)C)C2CCOC21. The van der Waals surface area contributed by atoms with Gasteiger partial charge in [-0.25, -0.2) is 4.79 Å². The van der Waals surface area contributed by atoms with Crippen LogP contribution in [0.3, 0.4) is 0 Å². The molecule has 3 aliphatic rings. The normalized spacial score (nSPS) is 40.2. The predicted octanol–water partition coefficient (Wildman–Crippen LogP) is 2.84. The summed E-state index contributed by atoms with van der Waals surface area (Å²) in [6.07, 6.45) is 6.14. The van der Waals surface area contributed by atoms with Crippen LogP contribution in [0.5, 0.6) is 0 Å². The van der Waals surface area contributed by atoms with E-state index in [4.69, 9.17) is 9.47 Å². The minimum Gasteiger partial charge on any atom is -0.444 e. The number of hydrogen-bond donors (Lipinski definition) is 2. The van der Waals surface area contributed by atoms with Gasteiger partial charge in [-0.3, -0.25) is 0 Å². The first-order valence-corrected chi connectivity index (χ1v) is 9.22. The van der Waals surface area contributed by atoms with Crippen LogP contribution in [-0.4, -0.2) is 42.5 Å². The summed E-state index contributed by atoms with van der Waals surface area (Å²) in [6.45, 7) is 8.83. The zero-order valence-corrected chi connectivity index (χ0v) is 14.9. The smallest absolute Gasteiger partial charge is 0.407 e.